The zero-order valence-corrected chi connectivity index (χ0v) is 19.9. The van der Waals surface area contributed by atoms with Crippen molar-refractivity contribution in [1.29, 1.82) is 0 Å². The molecule has 0 aromatic carbocycles. The Kier molecular flexibility index (Phi) is 7.85. The molecule has 0 radical (unpaired) electrons. The molecule has 1 saturated carbocycles. The van der Waals surface area contributed by atoms with Crippen molar-refractivity contribution in [1.82, 2.24) is 0 Å². The van der Waals surface area contributed by atoms with E-state index in [0.717, 1.165) is 57.1 Å². The number of methoxy groups -OCH3 is 1. The smallest absolute Gasteiger partial charge is 0.302 e. The molecule has 1 aliphatic heterocycles. The Balaban J connectivity index is 1.84. The first kappa shape index (κ1) is 24.2. The Bertz CT molecular complexity index is 687. The van der Waals surface area contributed by atoms with Crippen molar-refractivity contribution >= 4 is 11.9 Å². The monoisotopic (exact) mass is 436 g/mol. The minimum absolute atomic E-state index is 0.0717. The molecular weight excluding hydrogens is 396 g/mol. The highest BCUT2D eigenvalue weighted by atomic mass is 16.7. The summed E-state index contributed by atoms with van der Waals surface area (Å²) < 4.78 is 22.2. The van der Waals surface area contributed by atoms with Crippen molar-refractivity contribution in [3.8, 4) is 0 Å². The van der Waals surface area contributed by atoms with Gasteiger partial charge in [0.25, 0.3) is 0 Å². The van der Waals surface area contributed by atoms with Crippen LogP contribution in [0.3, 0.4) is 0 Å². The van der Waals surface area contributed by atoms with Crippen molar-refractivity contribution in [2.75, 3.05) is 26.9 Å². The maximum Gasteiger partial charge on any atom is 0.302 e. The minimum atomic E-state index is -0.272. The van der Waals surface area contributed by atoms with Crippen molar-refractivity contribution in [2.45, 2.75) is 78.9 Å². The maximum absolute atomic E-state index is 11.8. The fourth-order valence-electron chi connectivity index (χ4n) is 6.40. The molecule has 2 aliphatic carbocycles. The summed E-state index contributed by atoms with van der Waals surface area (Å²) in [5.41, 5.74) is 1.02. The Hall–Kier alpha value is -1.40. The number of esters is 2. The Morgan fingerprint density at radius 3 is 2.58 bits per heavy atom. The summed E-state index contributed by atoms with van der Waals surface area (Å²) in [6.45, 7) is 9.17. The second-order valence-electron chi connectivity index (χ2n) is 10.2. The van der Waals surface area contributed by atoms with Gasteiger partial charge in [-0.05, 0) is 67.3 Å². The van der Waals surface area contributed by atoms with Gasteiger partial charge in [-0.1, -0.05) is 19.9 Å². The average molecular weight is 437 g/mol. The Labute approximate surface area is 187 Å². The van der Waals surface area contributed by atoms with E-state index >= 15 is 0 Å². The van der Waals surface area contributed by atoms with E-state index in [2.05, 4.69) is 19.9 Å². The van der Waals surface area contributed by atoms with Gasteiger partial charge >= 0.3 is 11.9 Å². The van der Waals surface area contributed by atoms with Gasteiger partial charge in [-0.15, -0.1) is 0 Å². The Morgan fingerprint density at radius 2 is 1.94 bits per heavy atom. The molecule has 6 unspecified atom stereocenters. The lowest BCUT2D eigenvalue weighted by atomic mass is 9.46. The highest BCUT2D eigenvalue weighted by Gasteiger charge is 2.57. The number of ether oxygens (including phenoxy) is 4. The van der Waals surface area contributed by atoms with E-state index < -0.39 is 0 Å². The van der Waals surface area contributed by atoms with Gasteiger partial charge < -0.3 is 18.9 Å². The number of rotatable bonds is 8. The first-order chi connectivity index (χ1) is 14.7. The topological polar surface area (TPSA) is 71.1 Å². The second kappa shape index (κ2) is 10.0. The maximum atomic E-state index is 11.8. The van der Waals surface area contributed by atoms with Gasteiger partial charge in [-0.2, -0.15) is 0 Å². The molecule has 176 valence electrons. The number of fused-ring (bicyclic) bond motifs is 1. The zero-order chi connectivity index (χ0) is 22.6. The molecule has 6 nitrogen and oxygen atoms in total. The molecule has 3 rings (SSSR count). The molecule has 6 atom stereocenters. The normalized spacial score (nSPS) is 37.6. The molecule has 0 spiro atoms. The fourth-order valence-corrected chi connectivity index (χ4v) is 6.40. The molecule has 2 fully saturated rings. The molecule has 3 aliphatic rings. The van der Waals surface area contributed by atoms with Crippen LogP contribution in [-0.4, -0.2) is 45.2 Å². The predicted molar refractivity (Wildman–Crippen MR) is 117 cm³/mol. The van der Waals surface area contributed by atoms with Crippen LogP contribution in [0.4, 0.5) is 0 Å². The van der Waals surface area contributed by atoms with Crippen LogP contribution in [0.5, 0.6) is 0 Å². The van der Waals surface area contributed by atoms with Gasteiger partial charge in [-0.25, -0.2) is 0 Å². The highest BCUT2D eigenvalue weighted by Crippen LogP contribution is 2.62. The number of hydrogen-bond donors (Lipinski definition) is 0. The van der Waals surface area contributed by atoms with Crippen molar-refractivity contribution in [2.24, 2.45) is 28.6 Å². The van der Waals surface area contributed by atoms with Crippen LogP contribution in [-0.2, 0) is 28.5 Å². The van der Waals surface area contributed by atoms with Gasteiger partial charge in [-0.3, -0.25) is 9.59 Å². The third-order valence-electron chi connectivity index (χ3n) is 8.46. The lowest BCUT2D eigenvalue weighted by Crippen LogP contribution is -2.54. The van der Waals surface area contributed by atoms with Gasteiger partial charge in [0.05, 0.1) is 6.61 Å². The highest BCUT2D eigenvalue weighted by molar-refractivity contribution is 5.66. The van der Waals surface area contributed by atoms with E-state index in [-0.39, 0.29) is 29.1 Å². The number of carbonyl (C=O) groups excluding carboxylic acids is 2. The summed E-state index contributed by atoms with van der Waals surface area (Å²) in [4.78, 5) is 23.3. The fraction of sp³-hybridized carbons (Fsp3) is 0.840. The lowest BCUT2D eigenvalue weighted by molar-refractivity contribution is -0.154. The van der Waals surface area contributed by atoms with Gasteiger partial charge in [0, 0.05) is 32.8 Å². The molecule has 1 heterocycles. The number of allylic oxidation sites excluding steroid dienone is 1. The second-order valence-corrected chi connectivity index (χ2v) is 10.2. The summed E-state index contributed by atoms with van der Waals surface area (Å²) in [5, 5.41) is 0. The third kappa shape index (κ3) is 5.16. The van der Waals surface area contributed by atoms with Crippen molar-refractivity contribution < 1.29 is 28.5 Å². The standard InChI is InChI=1S/C25H40O6/c1-17-9-12-25(16-31-19(3)27)21(15-29-18(2)26)7-6-8-22(25)24(17,4)11-10-20-13-23(28-5)30-14-20/h7,17,20,22-23H,6,8-16H2,1-5H3. The molecule has 0 amide bonds. The SMILES string of the molecule is COC1CC(CCC2(C)C(C)CCC3(COC(C)=O)C(COC(C)=O)=CCCC32)CO1. The van der Waals surface area contributed by atoms with Crippen molar-refractivity contribution in [3.63, 3.8) is 0 Å². The molecular formula is C25H40O6. The van der Waals surface area contributed by atoms with E-state index in [1.807, 2.05) is 0 Å². The quantitative estimate of drug-likeness (QED) is 0.407. The van der Waals surface area contributed by atoms with Crippen LogP contribution in [0.2, 0.25) is 0 Å². The van der Waals surface area contributed by atoms with E-state index in [1.165, 1.54) is 13.8 Å². The summed E-state index contributed by atoms with van der Waals surface area (Å²) in [7, 11) is 1.71. The lowest BCUT2D eigenvalue weighted by Gasteiger charge is -2.59. The molecule has 0 bridgehead atoms. The summed E-state index contributed by atoms with van der Waals surface area (Å²) in [6.07, 6.45) is 9.45. The minimum Gasteiger partial charge on any atom is -0.465 e. The van der Waals surface area contributed by atoms with Crippen molar-refractivity contribution in [3.05, 3.63) is 11.6 Å². The first-order valence-corrected chi connectivity index (χ1v) is 11.8. The van der Waals surface area contributed by atoms with Gasteiger partial charge in [0.2, 0.25) is 0 Å². The van der Waals surface area contributed by atoms with Gasteiger partial charge in [0.1, 0.15) is 13.2 Å². The molecule has 0 aromatic heterocycles. The zero-order valence-electron chi connectivity index (χ0n) is 19.9. The molecule has 6 heteroatoms. The molecule has 0 N–H and O–H groups in total. The first-order valence-electron chi connectivity index (χ1n) is 11.8. The molecule has 31 heavy (non-hydrogen) atoms. The van der Waals surface area contributed by atoms with Crippen LogP contribution in [0.15, 0.2) is 11.6 Å². The van der Waals surface area contributed by atoms with E-state index in [0.29, 0.717) is 31.0 Å². The van der Waals surface area contributed by atoms with E-state index in [4.69, 9.17) is 18.9 Å². The summed E-state index contributed by atoms with van der Waals surface area (Å²) in [6, 6.07) is 0. The Morgan fingerprint density at radius 1 is 1.19 bits per heavy atom. The number of hydrogen-bond acceptors (Lipinski definition) is 6. The van der Waals surface area contributed by atoms with Crippen LogP contribution in [0.1, 0.15) is 72.6 Å². The van der Waals surface area contributed by atoms with Crippen LogP contribution < -0.4 is 0 Å². The van der Waals surface area contributed by atoms with Crippen LogP contribution >= 0.6 is 0 Å². The van der Waals surface area contributed by atoms with E-state index in [1.54, 1.807) is 7.11 Å². The van der Waals surface area contributed by atoms with Crippen LogP contribution in [0, 0.1) is 28.6 Å². The van der Waals surface area contributed by atoms with E-state index in [9.17, 15) is 9.59 Å². The molecule has 1 saturated heterocycles. The van der Waals surface area contributed by atoms with Crippen LogP contribution in [0.25, 0.3) is 0 Å². The third-order valence-corrected chi connectivity index (χ3v) is 8.46. The largest absolute Gasteiger partial charge is 0.465 e. The summed E-state index contributed by atoms with van der Waals surface area (Å²) in [5.74, 6) is 0.972. The summed E-state index contributed by atoms with van der Waals surface area (Å²) >= 11 is 0. The predicted octanol–water partition coefficient (Wildman–Crippen LogP) is 4.66. The van der Waals surface area contributed by atoms with Gasteiger partial charge in [0.15, 0.2) is 6.29 Å². The average Bonchev–Trinajstić information content (AvgIpc) is 3.20. The number of carbonyl (C=O) groups is 2. The molecule has 0 aromatic rings.